The zero-order valence-electron chi connectivity index (χ0n) is 14.7. The van der Waals surface area contributed by atoms with Gasteiger partial charge in [-0.1, -0.05) is 23.2 Å². The number of ether oxygens (including phenoxy) is 1. The maximum Gasteiger partial charge on any atom is 0.340 e. The number of aromatic nitrogens is 2. The van der Waals surface area contributed by atoms with E-state index in [1.807, 2.05) is 18.2 Å². The highest BCUT2D eigenvalue weighted by molar-refractivity contribution is 14.1. The number of esters is 1. The Balaban J connectivity index is 1.72. The van der Waals surface area contributed by atoms with Crippen LogP contribution in [0.3, 0.4) is 0 Å². The van der Waals surface area contributed by atoms with Crippen LogP contribution in [-0.4, -0.2) is 22.1 Å². The van der Waals surface area contributed by atoms with Crippen molar-refractivity contribution in [2.24, 2.45) is 5.92 Å². The minimum atomic E-state index is -0.407. The molecule has 144 valence electrons. The van der Waals surface area contributed by atoms with Crippen molar-refractivity contribution in [3.05, 3.63) is 68.2 Å². The monoisotopic (exact) mass is 527 g/mol. The molecule has 1 fully saturated rings. The van der Waals surface area contributed by atoms with Crippen LogP contribution in [0.15, 0.2) is 49.1 Å². The van der Waals surface area contributed by atoms with Crippen LogP contribution in [0.4, 0.5) is 11.4 Å². The first-order valence-electron chi connectivity index (χ1n) is 8.72. The average molecular weight is 528 g/mol. The van der Waals surface area contributed by atoms with E-state index >= 15 is 0 Å². The van der Waals surface area contributed by atoms with Crippen LogP contribution in [0.5, 0.6) is 0 Å². The summed E-state index contributed by atoms with van der Waals surface area (Å²) in [7, 11) is 0. The Morgan fingerprint density at radius 1 is 1.21 bits per heavy atom. The first-order chi connectivity index (χ1) is 13.5. The molecule has 1 heterocycles. The van der Waals surface area contributed by atoms with Crippen LogP contribution in [-0.2, 0) is 4.74 Å². The van der Waals surface area contributed by atoms with Gasteiger partial charge in [-0.3, -0.25) is 0 Å². The van der Waals surface area contributed by atoms with Crippen LogP contribution in [0.1, 0.15) is 23.2 Å². The zero-order valence-corrected chi connectivity index (χ0v) is 18.3. The molecule has 3 aromatic rings. The molecule has 8 heteroatoms. The number of nitrogens with one attached hydrogen (secondary N) is 1. The van der Waals surface area contributed by atoms with Gasteiger partial charge >= 0.3 is 5.97 Å². The lowest BCUT2D eigenvalue weighted by Gasteiger charge is -2.16. The lowest BCUT2D eigenvalue weighted by atomic mass is 10.1. The minimum Gasteiger partial charge on any atom is -0.462 e. The summed E-state index contributed by atoms with van der Waals surface area (Å²) in [6.45, 7) is 0.434. The van der Waals surface area contributed by atoms with Gasteiger partial charge in [-0.25, -0.2) is 9.78 Å². The van der Waals surface area contributed by atoms with Crippen LogP contribution in [0.2, 0.25) is 10.0 Å². The number of carbonyl (C=O) groups is 1. The lowest BCUT2D eigenvalue weighted by molar-refractivity contribution is 0.0487. The van der Waals surface area contributed by atoms with Crippen molar-refractivity contribution >= 4 is 63.1 Å². The van der Waals surface area contributed by atoms with E-state index in [1.54, 1.807) is 35.4 Å². The van der Waals surface area contributed by atoms with E-state index < -0.39 is 5.97 Å². The average Bonchev–Trinajstić information content (AvgIpc) is 3.34. The molecule has 0 atom stereocenters. The van der Waals surface area contributed by atoms with Crippen molar-refractivity contribution in [3.63, 3.8) is 0 Å². The summed E-state index contributed by atoms with van der Waals surface area (Å²) in [6, 6.07) is 9.07. The third-order valence-corrected chi connectivity index (χ3v) is 5.72. The van der Waals surface area contributed by atoms with Crippen LogP contribution in [0.25, 0.3) is 5.69 Å². The van der Waals surface area contributed by atoms with Gasteiger partial charge in [0.2, 0.25) is 0 Å². The van der Waals surface area contributed by atoms with Gasteiger partial charge in [-0.15, -0.1) is 0 Å². The van der Waals surface area contributed by atoms with Gasteiger partial charge in [0.1, 0.15) is 0 Å². The SMILES string of the molecule is O=C(OCC1CC1)c1cc(Cl)c(-n2ccnc2)cc1Nc1ccc(I)cc1Cl. The molecule has 1 aromatic heterocycles. The Kier molecular flexibility index (Phi) is 5.80. The number of anilines is 2. The molecule has 0 saturated heterocycles. The smallest absolute Gasteiger partial charge is 0.340 e. The molecule has 0 spiro atoms. The molecule has 0 amide bonds. The molecule has 0 radical (unpaired) electrons. The standard InChI is InChI=1S/C20H16Cl2IN3O2/c21-15-7-13(23)3-4-17(15)25-18-9-19(26-6-5-24-11-26)16(22)8-14(18)20(27)28-10-12-1-2-12/h3-9,11-12,25H,1-2,10H2. The molecular weight excluding hydrogens is 512 g/mol. The number of halogens is 3. The van der Waals surface area contributed by atoms with Gasteiger partial charge in [0.25, 0.3) is 0 Å². The normalized spacial score (nSPS) is 13.4. The van der Waals surface area contributed by atoms with Crippen molar-refractivity contribution in [2.75, 3.05) is 11.9 Å². The van der Waals surface area contributed by atoms with Crippen molar-refractivity contribution in [2.45, 2.75) is 12.8 Å². The summed E-state index contributed by atoms with van der Waals surface area (Å²) in [4.78, 5) is 16.8. The van der Waals surface area contributed by atoms with Gasteiger partial charge in [0, 0.05) is 16.0 Å². The topological polar surface area (TPSA) is 56.2 Å². The highest BCUT2D eigenvalue weighted by Crippen LogP contribution is 2.34. The summed E-state index contributed by atoms with van der Waals surface area (Å²) >= 11 is 15.0. The third kappa shape index (κ3) is 4.45. The van der Waals surface area contributed by atoms with Crippen molar-refractivity contribution in [1.29, 1.82) is 0 Å². The zero-order chi connectivity index (χ0) is 19.7. The Bertz CT molecular complexity index is 1020. The predicted molar refractivity (Wildman–Crippen MR) is 119 cm³/mol. The van der Waals surface area contributed by atoms with Gasteiger partial charge in [-0.2, -0.15) is 0 Å². The maximum absolute atomic E-state index is 12.7. The molecule has 1 aliphatic rings. The molecule has 1 saturated carbocycles. The quantitative estimate of drug-likeness (QED) is 0.311. The van der Waals surface area contributed by atoms with E-state index in [-0.39, 0.29) is 0 Å². The fourth-order valence-corrected chi connectivity index (χ4v) is 3.89. The van der Waals surface area contributed by atoms with E-state index in [9.17, 15) is 4.79 Å². The Morgan fingerprint density at radius 2 is 2.04 bits per heavy atom. The Hall–Kier alpha value is -1.77. The predicted octanol–water partition coefficient (Wildman–Crippen LogP) is 6.09. The van der Waals surface area contributed by atoms with Gasteiger partial charge in [-0.05, 0) is 71.7 Å². The first kappa shape index (κ1) is 19.5. The summed E-state index contributed by atoms with van der Waals surface area (Å²) in [5, 5.41) is 4.24. The molecule has 0 bridgehead atoms. The molecule has 0 aliphatic heterocycles. The second kappa shape index (κ2) is 8.31. The summed E-state index contributed by atoms with van der Waals surface area (Å²) in [6.07, 6.45) is 7.31. The Labute approximate surface area is 186 Å². The van der Waals surface area contributed by atoms with Crippen molar-refractivity contribution in [3.8, 4) is 5.69 Å². The van der Waals surface area contributed by atoms with Crippen LogP contribution >= 0.6 is 45.8 Å². The van der Waals surface area contributed by atoms with Gasteiger partial charge in [0.05, 0.1) is 45.6 Å². The van der Waals surface area contributed by atoms with Gasteiger partial charge in [0.15, 0.2) is 0 Å². The van der Waals surface area contributed by atoms with E-state index in [4.69, 9.17) is 27.9 Å². The number of hydrogen-bond acceptors (Lipinski definition) is 4. The Morgan fingerprint density at radius 3 is 2.71 bits per heavy atom. The molecule has 2 aromatic carbocycles. The second-order valence-electron chi connectivity index (χ2n) is 6.61. The lowest BCUT2D eigenvalue weighted by Crippen LogP contribution is -2.11. The van der Waals surface area contributed by atoms with Crippen LogP contribution < -0.4 is 5.32 Å². The second-order valence-corrected chi connectivity index (χ2v) is 8.67. The number of benzene rings is 2. The summed E-state index contributed by atoms with van der Waals surface area (Å²) in [5.74, 6) is 0.0711. The fraction of sp³-hybridized carbons (Fsp3) is 0.200. The molecule has 4 rings (SSSR count). The molecule has 1 aliphatic carbocycles. The number of carbonyl (C=O) groups excluding carboxylic acids is 1. The highest BCUT2D eigenvalue weighted by atomic mass is 127. The number of rotatable bonds is 6. The van der Waals surface area contributed by atoms with Crippen molar-refractivity contribution in [1.82, 2.24) is 9.55 Å². The maximum atomic E-state index is 12.7. The van der Waals surface area contributed by atoms with E-state index in [2.05, 4.69) is 32.9 Å². The summed E-state index contributed by atoms with van der Waals surface area (Å²) < 4.78 is 8.28. The van der Waals surface area contributed by atoms with E-state index in [1.165, 1.54) is 0 Å². The van der Waals surface area contributed by atoms with Gasteiger partial charge < -0.3 is 14.6 Å². The molecular formula is C20H16Cl2IN3O2. The van der Waals surface area contributed by atoms with E-state index in [0.29, 0.717) is 45.2 Å². The number of nitrogens with zero attached hydrogens (tertiary/aromatic N) is 2. The molecule has 28 heavy (non-hydrogen) atoms. The highest BCUT2D eigenvalue weighted by Gasteiger charge is 2.25. The van der Waals surface area contributed by atoms with Crippen LogP contribution in [0, 0.1) is 9.49 Å². The molecule has 1 N–H and O–H groups in total. The minimum absolute atomic E-state index is 0.365. The molecule has 5 nitrogen and oxygen atoms in total. The number of imidazole rings is 1. The largest absolute Gasteiger partial charge is 0.462 e. The fourth-order valence-electron chi connectivity index (χ4n) is 2.73. The third-order valence-electron chi connectivity index (χ3n) is 4.44. The molecule has 0 unspecified atom stereocenters. The number of hydrogen-bond donors (Lipinski definition) is 1. The summed E-state index contributed by atoms with van der Waals surface area (Å²) in [5.41, 5.74) is 2.32. The first-order valence-corrected chi connectivity index (χ1v) is 10.6. The van der Waals surface area contributed by atoms with E-state index in [0.717, 1.165) is 16.4 Å². The van der Waals surface area contributed by atoms with Crippen molar-refractivity contribution < 1.29 is 9.53 Å².